The van der Waals surface area contributed by atoms with Crippen LogP contribution in [0.25, 0.3) is 0 Å². The van der Waals surface area contributed by atoms with Gasteiger partial charge in [0.25, 0.3) is 0 Å². The van der Waals surface area contributed by atoms with Gasteiger partial charge in [-0.05, 0) is 37.3 Å². The fourth-order valence-electron chi connectivity index (χ4n) is 2.89. The van der Waals surface area contributed by atoms with Crippen molar-refractivity contribution < 1.29 is 9.18 Å². The minimum absolute atomic E-state index is 0.240. The van der Waals surface area contributed by atoms with E-state index in [0.717, 1.165) is 12.5 Å². The maximum Gasteiger partial charge on any atom is 0.326 e. The highest BCUT2D eigenvalue weighted by Crippen LogP contribution is 2.31. The van der Waals surface area contributed by atoms with Crippen LogP contribution >= 0.6 is 0 Å². The van der Waals surface area contributed by atoms with Gasteiger partial charge in [0, 0.05) is 24.8 Å². The fourth-order valence-corrected chi connectivity index (χ4v) is 2.89. The molecule has 2 heterocycles. The predicted molar refractivity (Wildman–Crippen MR) is 81.4 cm³/mol. The number of carbonyl (C=O) groups is 1. The second-order valence-corrected chi connectivity index (χ2v) is 5.96. The predicted octanol–water partition coefficient (Wildman–Crippen LogP) is 3.03. The van der Waals surface area contributed by atoms with E-state index < -0.39 is 0 Å². The van der Waals surface area contributed by atoms with E-state index in [1.54, 1.807) is 23.2 Å². The number of hydrogen-bond acceptors (Lipinski definition) is 2. The summed E-state index contributed by atoms with van der Waals surface area (Å²) in [6.07, 6.45) is 6.58. The zero-order chi connectivity index (χ0) is 15.1. The van der Waals surface area contributed by atoms with Gasteiger partial charge < -0.3 is 5.32 Å². The van der Waals surface area contributed by atoms with E-state index in [1.165, 1.54) is 18.9 Å². The zero-order valence-electron chi connectivity index (χ0n) is 12.1. The molecule has 0 bridgehead atoms. The van der Waals surface area contributed by atoms with Crippen molar-refractivity contribution in [3.05, 3.63) is 42.0 Å². The molecule has 2 aliphatic rings. The number of nitrogens with one attached hydrogen (secondary N) is 1. The Kier molecular flexibility index (Phi) is 3.10. The normalized spacial score (nSPS) is 16.7. The van der Waals surface area contributed by atoms with Crippen molar-refractivity contribution in [2.45, 2.75) is 25.8 Å². The van der Waals surface area contributed by atoms with E-state index in [0.29, 0.717) is 29.9 Å². The molecule has 5 nitrogen and oxygen atoms in total. The van der Waals surface area contributed by atoms with Gasteiger partial charge in [0.15, 0.2) is 0 Å². The van der Waals surface area contributed by atoms with Crippen LogP contribution in [-0.4, -0.2) is 22.4 Å². The van der Waals surface area contributed by atoms with Crippen LogP contribution < -0.4 is 10.2 Å². The summed E-state index contributed by atoms with van der Waals surface area (Å²) in [6, 6.07) is 4.60. The molecule has 0 unspecified atom stereocenters. The van der Waals surface area contributed by atoms with Crippen molar-refractivity contribution in [1.82, 2.24) is 9.78 Å². The average Bonchev–Trinajstić information content (AvgIpc) is 3.02. The first-order valence-corrected chi connectivity index (χ1v) is 7.59. The SMILES string of the molecule is O=C(Nc1cnn(CC2CC2)c1)N1CCc2c(F)cccc21. The van der Waals surface area contributed by atoms with Gasteiger partial charge in [0.05, 0.1) is 17.6 Å². The number of anilines is 2. The summed E-state index contributed by atoms with van der Waals surface area (Å²) in [5, 5.41) is 7.10. The molecule has 1 saturated carbocycles. The first kappa shape index (κ1) is 13.3. The largest absolute Gasteiger partial charge is 0.326 e. The first-order chi connectivity index (χ1) is 10.7. The summed E-state index contributed by atoms with van der Waals surface area (Å²) in [7, 11) is 0. The summed E-state index contributed by atoms with van der Waals surface area (Å²) < 4.78 is 15.6. The molecule has 2 aromatic rings. The van der Waals surface area contributed by atoms with Crippen LogP contribution in [0.2, 0.25) is 0 Å². The fraction of sp³-hybridized carbons (Fsp3) is 0.375. The number of urea groups is 1. The molecule has 0 radical (unpaired) electrons. The van der Waals surface area contributed by atoms with E-state index in [-0.39, 0.29) is 11.8 Å². The van der Waals surface area contributed by atoms with Gasteiger partial charge in [-0.25, -0.2) is 9.18 Å². The molecule has 2 amide bonds. The van der Waals surface area contributed by atoms with E-state index in [4.69, 9.17) is 0 Å². The van der Waals surface area contributed by atoms with Crippen LogP contribution in [0.1, 0.15) is 18.4 Å². The Hall–Kier alpha value is -2.37. The molecule has 1 aromatic heterocycles. The number of nitrogens with zero attached hydrogens (tertiary/aromatic N) is 3. The molecule has 0 saturated heterocycles. The molecule has 0 atom stereocenters. The standard InChI is InChI=1S/C16H17FN4O/c17-14-2-1-3-15-13(14)6-7-21(15)16(22)19-12-8-18-20(10-12)9-11-4-5-11/h1-3,8,10-11H,4-7,9H2,(H,19,22). The highest BCUT2D eigenvalue weighted by atomic mass is 19.1. The summed E-state index contributed by atoms with van der Waals surface area (Å²) >= 11 is 0. The van der Waals surface area contributed by atoms with Crippen molar-refractivity contribution >= 4 is 17.4 Å². The Morgan fingerprint density at radius 1 is 1.41 bits per heavy atom. The van der Waals surface area contributed by atoms with Gasteiger partial charge in [0.1, 0.15) is 5.82 Å². The monoisotopic (exact) mass is 300 g/mol. The number of fused-ring (bicyclic) bond motifs is 1. The Balaban J connectivity index is 1.47. The van der Waals surface area contributed by atoms with Crippen LogP contribution in [-0.2, 0) is 13.0 Å². The molecule has 1 aliphatic heterocycles. The van der Waals surface area contributed by atoms with Crippen molar-refractivity contribution in [2.24, 2.45) is 5.92 Å². The minimum Gasteiger partial charge on any atom is -0.305 e. The molecular weight excluding hydrogens is 283 g/mol. The second kappa shape index (κ2) is 5.12. The lowest BCUT2D eigenvalue weighted by Crippen LogP contribution is -2.33. The van der Waals surface area contributed by atoms with Gasteiger partial charge in [-0.15, -0.1) is 0 Å². The van der Waals surface area contributed by atoms with Crippen LogP contribution in [0.5, 0.6) is 0 Å². The average molecular weight is 300 g/mol. The Bertz CT molecular complexity index is 723. The molecule has 1 N–H and O–H groups in total. The summed E-state index contributed by atoms with van der Waals surface area (Å²) in [5.41, 5.74) is 1.94. The summed E-state index contributed by atoms with van der Waals surface area (Å²) in [6.45, 7) is 1.41. The molecular formula is C16H17FN4O. The number of benzene rings is 1. The van der Waals surface area contributed by atoms with Crippen molar-refractivity contribution in [2.75, 3.05) is 16.8 Å². The van der Waals surface area contributed by atoms with Gasteiger partial charge in [-0.3, -0.25) is 9.58 Å². The van der Waals surface area contributed by atoms with Crippen LogP contribution in [0.15, 0.2) is 30.6 Å². The second-order valence-electron chi connectivity index (χ2n) is 5.96. The Morgan fingerprint density at radius 2 is 2.27 bits per heavy atom. The number of aromatic nitrogens is 2. The number of hydrogen-bond donors (Lipinski definition) is 1. The van der Waals surface area contributed by atoms with E-state index in [2.05, 4.69) is 10.4 Å². The summed E-state index contributed by atoms with van der Waals surface area (Å²) in [4.78, 5) is 14.0. The lowest BCUT2D eigenvalue weighted by Gasteiger charge is -2.17. The Labute approximate surface area is 127 Å². The Morgan fingerprint density at radius 3 is 3.09 bits per heavy atom. The van der Waals surface area contributed by atoms with E-state index >= 15 is 0 Å². The number of halogens is 1. The van der Waals surface area contributed by atoms with E-state index in [9.17, 15) is 9.18 Å². The number of carbonyl (C=O) groups excluding carboxylic acids is 1. The highest BCUT2D eigenvalue weighted by Gasteiger charge is 2.27. The molecule has 0 spiro atoms. The van der Waals surface area contributed by atoms with Crippen molar-refractivity contribution in [3.8, 4) is 0 Å². The molecule has 1 fully saturated rings. The third-order valence-electron chi connectivity index (χ3n) is 4.24. The maximum absolute atomic E-state index is 13.7. The molecule has 1 aromatic carbocycles. The smallest absolute Gasteiger partial charge is 0.305 e. The molecule has 22 heavy (non-hydrogen) atoms. The topological polar surface area (TPSA) is 50.2 Å². The lowest BCUT2D eigenvalue weighted by molar-refractivity contribution is 0.257. The van der Waals surface area contributed by atoms with Crippen molar-refractivity contribution in [3.63, 3.8) is 0 Å². The highest BCUT2D eigenvalue weighted by molar-refractivity contribution is 6.03. The van der Waals surface area contributed by atoms with Crippen LogP contribution in [0.4, 0.5) is 20.6 Å². The van der Waals surface area contributed by atoms with Gasteiger partial charge in [-0.1, -0.05) is 6.07 Å². The quantitative estimate of drug-likeness (QED) is 0.947. The third kappa shape index (κ3) is 2.45. The first-order valence-electron chi connectivity index (χ1n) is 7.59. The van der Waals surface area contributed by atoms with Crippen molar-refractivity contribution in [1.29, 1.82) is 0 Å². The van der Waals surface area contributed by atoms with Gasteiger partial charge in [0.2, 0.25) is 0 Å². The van der Waals surface area contributed by atoms with E-state index in [1.807, 2.05) is 10.9 Å². The summed E-state index contributed by atoms with van der Waals surface area (Å²) in [5.74, 6) is 0.488. The molecule has 6 heteroatoms. The molecule has 4 rings (SSSR count). The van der Waals surface area contributed by atoms with Crippen LogP contribution in [0.3, 0.4) is 0 Å². The number of amides is 2. The molecule has 114 valence electrons. The number of rotatable bonds is 3. The third-order valence-corrected chi connectivity index (χ3v) is 4.24. The lowest BCUT2D eigenvalue weighted by atomic mass is 10.1. The zero-order valence-corrected chi connectivity index (χ0v) is 12.1. The minimum atomic E-state index is -0.245. The maximum atomic E-state index is 13.7. The molecule has 1 aliphatic carbocycles. The van der Waals surface area contributed by atoms with Crippen LogP contribution in [0, 0.1) is 11.7 Å². The van der Waals surface area contributed by atoms with Gasteiger partial charge in [-0.2, -0.15) is 5.10 Å². The van der Waals surface area contributed by atoms with Gasteiger partial charge >= 0.3 is 6.03 Å².